The van der Waals surface area contributed by atoms with Gasteiger partial charge in [-0.25, -0.2) is 0 Å². The highest BCUT2D eigenvalue weighted by molar-refractivity contribution is 4.80. The predicted molar refractivity (Wildman–Crippen MR) is 60.2 cm³/mol. The summed E-state index contributed by atoms with van der Waals surface area (Å²) in [5.41, 5.74) is 5.66. The molecule has 0 radical (unpaired) electrons. The number of piperidine rings is 1. The Morgan fingerprint density at radius 3 is 2.64 bits per heavy atom. The highest BCUT2D eigenvalue weighted by Gasteiger charge is 2.25. The van der Waals surface area contributed by atoms with E-state index in [1.165, 1.54) is 58.0 Å². The molecule has 1 saturated heterocycles. The molecule has 0 aromatic heterocycles. The van der Waals surface area contributed by atoms with Gasteiger partial charge in [0.25, 0.3) is 0 Å². The van der Waals surface area contributed by atoms with E-state index in [2.05, 4.69) is 4.90 Å². The van der Waals surface area contributed by atoms with Crippen molar-refractivity contribution in [2.75, 3.05) is 19.6 Å². The highest BCUT2D eigenvalue weighted by atomic mass is 15.2. The van der Waals surface area contributed by atoms with Crippen molar-refractivity contribution < 1.29 is 0 Å². The first-order chi connectivity index (χ1) is 6.90. The summed E-state index contributed by atoms with van der Waals surface area (Å²) in [5, 5.41) is 0. The minimum Gasteiger partial charge on any atom is -0.330 e. The third-order valence-corrected chi connectivity index (χ3v) is 3.77. The van der Waals surface area contributed by atoms with Gasteiger partial charge in [0.2, 0.25) is 0 Å². The van der Waals surface area contributed by atoms with E-state index in [0.717, 1.165) is 18.5 Å². The fourth-order valence-corrected chi connectivity index (χ4v) is 2.63. The monoisotopic (exact) mass is 196 g/mol. The Balaban J connectivity index is 1.72. The van der Waals surface area contributed by atoms with E-state index >= 15 is 0 Å². The molecule has 1 heterocycles. The van der Waals surface area contributed by atoms with Crippen molar-refractivity contribution in [2.24, 2.45) is 11.7 Å². The molecule has 2 aliphatic rings. The van der Waals surface area contributed by atoms with E-state index in [-0.39, 0.29) is 0 Å². The summed E-state index contributed by atoms with van der Waals surface area (Å²) in [6, 6.07) is 0.812. The summed E-state index contributed by atoms with van der Waals surface area (Å²) in [6.45, 7) is 3.54. The minimum absolute atomic E-state index is 0.812. The van der Waals surface area contributed by atoms with E-state index in [4.69, 9.17) is 5.73 Å². The van der Waals surface area contributed by atoms with Gasteiger partial charge in [-0.15, -0.1) is 0 Å². The lowest BCUT2D eigenvalue weighted by Gasteiger charge is -2.35. The van der Waals surface area contributed by atoms with Gasteiger partial charge in [-0.1, -0.05) is 19.3 Å². The average molecular weight is 196 g/mol. The van der Waals surface area contributed by atoms with Crippen LogP contribution >= 0.6 is 0 Å². The van der Waals surface area contributed by atoms with Gasteiger partial charge >= 0.3 is 0 Å². The fraction of sp³-hybridized carbons (Fsp3) is 1.00. The molecule has 1 unspecified atom stereocenters. The van der Waals surface area contributed by atoms with Crippen LogP contribution in [0, 0.1) is 5.92 Å². The van der Waals surface area contributed by atoms with Crippen LogP contribution in [0.3, 0.4) is 0 Å². The van der Waals surface area contributed by atoms with Crippen LogP contribution in [-0.4, -0.2) is 30.6 Å². The van der Waals surface area contributed by atoms with E-state index < -0.39 is 0 Å². The van der Waals surface area contributed by atoms with E-state index in [1.54, 1.807) is 0 Å². The van der Waals surface area contributed by atoms with E-state index in [1.807, 2.05) is 0 Å². The topological polar surface area (TPSA) is 29.3 Å². The lowest BCUT2D eigenvalue weighted by molar-refractivity contribution is 0.138. The molecule has 14 heavy (non-hydrogen) atoms. The first-order valence-corrected chi connectivity index (χ1v) is 6.34. The summed E-state index contributed by atoms with van der Waals surface area (Å²) in [5.74, 6) is 1.08. The van der Waals surface area contributed by atoms with Gasteiger partial charge in [-0.05, 0) is 51.2 Å². The molecule has 0 spiro atoms. The lowest BCUT2D eigenvalue weighted by atomic mass is 9.99. The average Bonchev–Trinajstić information content (AvgIpc) is 3.01. The predicted octanol–water partition coefficient (Wildman–Crippen LogP) is 1.99. The number of hydrogen-bond acceptors (Lipinski definition) is 2. The lowest BCUT2D eigenvalue weighted by Crippen LogP contribution is -2.41. The van der Waals surface area contributed by atoms with Crippen LogP contribution in [0.5, 0.6) is 0 Å². The van der Waals surface area contributed by atoms with E-state index in [9.17, 15) is 0 Å². The van der Waals surface area contributed by atoms with Crippen LogP contribution in [0.15, 0.2) is 0 Å². The highest BCUT2D eigenvalue weighted by Crippen LogP contribution is 2.33. The molecular formula is C12H24N2. The normalized spacial score (nSPS) is 29.4. The summed E-state index contributed by atoms with van der Waals surface area (Å²) < 4.78 is 0. The fourth-order valence-electron chi connectivity index (χ4n) is 2.63. The molecule has 1 aliphatic carbocycles. The second kappa shape index (κ2) is 5.13. The Kier molecular flexibility index (Phi) is 3.82. The van der Waals surface area contributed by atoms with Crippen molar-refractivity contribution in [2.45, 2.75) is 51.0 Å². The summed E-state index contributed by atoms with van der Waals surface area (Å²) in [6.07, 6.45) is 9.87. The number of likely N-dealkylation sites (tertiary alicyclic amines) is 1. The zero-order chi connectivity index (χ0) is 9.80. The van der Waals surface area contributed by atoms with Gasteiger partial charge in [0.1, 0.15) is 0 Å². The van der Waals surface area contributed by atoms with Gasteiger partial charge in [0.15, 0.2) is 0 Å². The van der Waals surface area contributed by atoms with Crippen LogP contribution in [0.25, 0.3) is 0 Å². The van der Waals surface area contributed by atoms with E-state index in [0.29, 0.717) is 0 Å². The SMILES string of the molecule is NCCC1CCCCN1CCC1CC1. The first kappa shape index (κ1) is 10.4. The zero-order valence-electron chi connectivity index (χ0n) is 9.25. The number of nitrogens with two attached hydrogens (primary N) is 1. The van der Waals surface area contributed by atoms with Gasteiger partial charge in [-0.3, -0.25) is 0 Å². The summed E-state index contributed by atoms with van der Waals surface area (Å²) >= 11 is 0. The van der Waals surface area contributed by atoms with Gasteiger partial charge in [0.05, 0.1) is 0 Å². The molecule has 0 bridgehead atoms. The Labute approximate surface area is 87.8 Å². The molecule has 2 rings (SSSR count). The molecule has 0 aromatic rings. The van der Waals surface area contributed by atoms with Crippen molar-refractivity contribution in [3.05, 3.63) is 0 Å². The smallest absolute Gasteiger partial charge is 0.0107 e. The number of rotatable bonds is 5. The van der Waals surface area contributed by atoms with Crippen LogP contribution in [0.2, 0.25) is 0 Å². The van der Waals surface area contributed by atoms with Crippen molar-refractivity contribution in [3.8, 4) is 0 Å². The molecule has 2 N–H and O–H groups in total. The number of hydrogen-bond donors (Lipinski definition) is 1. The Bertz CT molecular complexity index is 164. The standard InChI is InChI=1S/C12H24N2/c13-8-6-12-3-1-2-9-14(12)10-7-11-4-5-11/h11-12H,1-10,13H2. The minimum atomic E-state index is 0.812. The second-order valence-electron chi connectivity index (χ2n) is 4.99. The van der Waals surface area contributed by atoms with Gasteiger partial charge in [0, 0.05) is 6.04 Å². The molecule has 1 atom stereocenters. The first-order valence-electron chi connectivity index (χ1n) is 6.34. The summed E-state index contributed by atoms with van der Waals surface area (Å²) in [7, 11) is 0. The molecule has 2 fully saturated rings. The molecule has 82 valence electrons. The largest absolute Gasteiger partial charge is 0.330 e. The van der Waals surface area contributed by atoms with Crippen LogP contribution in [0.1, 0.15) is 44.9 Å². The molecule has 0 aromatic carbocycles. The molecular weight excluding hydrogens is 172 g/mol. The summed E-state index contributed by atoms with van der Waals surface area (Å²) in [4.78, 5) is 2.70. The molecule has 2 nitrogen and oxygen atoms in total. The van der Waals surface area contributed by atoms with Crippen molar-refractivity contribution >= 4 is 0 Å². The van der Waals surface area contributed by atoms with Gasteiger partial charge < -0.3 is 10.6 Å². The zero-order valence-corrected chi connectivity index (χ0v) is 9.25. The van der Waals surface area contributed by atoms with Crippen LogP contribution in [-0.2, 0) is 0 Å². The Morgan fingerprint density at radius 2 is 1.93 bits per heavy atom. The van der Waals surface area contributed by atoms with Crippen molar-refractivity contribution in [1.29, 1.82) is 0 Å². The molecule has 0 amide bonds. The maximum atomic E-state index is 5.66. The second-order valence-corrected chi connectivity index (χ2v) is 4.99. The maximum absolute atomic E-state index is 5.66. The van der Waals surface area contributed by atoms with Crippen molar-refractivity contribution in [1.82, 2.24) is 4.90 Å². The molecule has 1 saturated carbocycles. The third kappa shape index (κ3) is 2.96. The number of nitrogens with zero attached hydrogens (tertiary/aromatic N) is 1. The van der Waals surface area contributed by atoms with Crippen LogP contribution in [0.4, 0.5) is 0 Å². The van der Waals surface area contributed by atoms with Crippen molar-refractivity contribution in [3.63, 3.8) is 0 Å². The Morgan fingerprint density at radius 1 is 1.07 bits per heavy atom. The maximum Gasteiger partial charge on any atom is 0.0107 e. The Hall–Kier alpha value is -0.0800. The van der Waals surface area contributed by atoms with Gasteiger partial charge in [-0.2, -0.15) is 0 Å². The quantitative estimate of drug-likeness (QED) is 0.728. The third-order valence-electron chi connectivity index (χ3n) is 3.77. The van der Waals surface area contributed by atoms with Crippen LogP contribution < -0.4 is 5.73 Å². The molecule has 1 aliphatic heterocycles. The molecule has 2 heteroatoms.